The van der Waals surface area contributed by atoms with E-state index in [-0.39, 0.29) is 24.3 Å². The zero-order valence-electron chi connectivity index (χ0n) is 11.9. The Labute approximate surface area is 124 Å². The summed E-state index contributed by atoms with van der Waals surface area (Å²) >= 11 is 0. The van der Waals surface area contributed by atoms with Crippen LogP contribution in [0.5, 0.6) is 0 Å². The van der Waals surface area contributed by atoms with Crippen molar-refractivity contribution in [3.05, 3.63) is 18.0 Å². The van der Waals surface area contributed by atoms with Crippen molar-refractivity contribution in [3.63, 3.8) is 0 Å². The van der Waals surface area contributed by atoms with Gasteiger partial charge in [0.05, 0.1) is 28.7 Å². The Kier molecular flexibility index (Phi) is 3.55. The van der Waals surface area contributed by atoms with Gasteiger partial charge in [0.15, 0.2) is 9.84 Å². The SMILES string of the molecule is O=C(O)C1(Cc2ccn(C3CCCC3)n2)CCS(=O)(=O)C1. The Morgan fingerprint density at radius 2 is 2.14 bits per heavy atom. The summed E-state index contributed by atoms with van der Waals surface area (Å²) < 4.78 is 25.3. The molecule has 0 spiro atoms. The normalized spacial score (nSPS) is 29.0. The van der Waals surface area contributed by atoms with Gasteiger partial charge in [-0.15, -0.1) is 0 Å². The number of aromatic nitrogens is 2. The van der Waals surface area contributed by atoms with Crippen LogP contribution < -0.4 is 0 Å². The lowest BCUT2D eigenvalue weighted by atomic mass is 9.83. The van der Waals surface area contributed by atoms with Crippen molar-refractivity contribution in [2.24, 2.45) is 5.41 Å². The third kappa shape index (κ3) is 2.84. The molecule has 1 aromatic rings. The van der Waals surface area contributed by atoms with Gasteiger partial charge >= 0.3 is 5.97 Å². The lowest BCUT2D eigenvalue weighted by Gasteiger charge is -2.21. The highest BCUT2D eigenvalue weighted by molar-refractivity contribution is 7.91. The Bertz CT molecular complexity index is 646. The Balaban J connectivity index is 1.79. The monoisotopic (exact) mass is 312 g/mol. The van der Waals surface area contributed by atoms with E-state index in [1.807, 2.05) is 16.9 Å². The van der Waals surface area contributed by atoms with Crippen molar-refractivity contribution in [2.45, 2.75) is 44.6 Å². The molecule has 3 rings (SSSR count). The van der Waals surface area contributed by atoms with E-state index in [1.54, 1.807) is 0 Å². The van der Waals surface area contributed by atoms with Crippen LogP contribution in [0.4, 0.5) is 0 Å². The van der Waals surface area contributed by atoms with Crippen LogP contribution in [0, 0.1) is 5.41 Å². The quantitative estimate of drug-likeness (QED) is 0.908. The van der Waals surface area contributed by atoms with Crippen LogP contribution in [0.3, 0.4) is 0 Å². The number of nitrogens with zero attached hydrogens (tertiary/aromatic N) is 2. The first-order chi connectivity index (χ1) is 9.90. The lowest BCUT2D eigenvalue weighted by Crippen LogP contribution is -2.34. The van der Waals surface area contributed by atoms with Gasteiger partial charge < -0.3 is 5.11 Å². The molecule has 2 fully saturated rings. The van der Waals surface area contributed by atoms with Gasteiger partial charge in [0, 0.05) is 12.6 Å². The second-order valence-electron chi connectivity index (χ2n) is 6.33. The number of carboxylic acids is 1. The van der Waals surface area contributed by atoms with Crippen LogP contribution in [-0.4, -0.2) is 40.8 Å². The van der Waals surface area contributed by atoms with E-state index >= 15 is 0 Å². The smallest absolute Gasteiger partial charge is 0.311 e. The first kappa shape index (κ1) is 14.6. The Morgan fingerprint density at radius 3 is 2.71 bits per heavy atom. The van der Waals surface area contributed by atoms with Gasteiger partial charge in [-0.2, -0.15) is 5.10 Å². The molecule has 6 nitrogen and oxygen atoms in total. The van der Waals surface area contributed by atoms with Gasteiger partial charge in [0.2, 0.25) is 0 Å². The van der Waals surface area contributed by atoms with E-state index in [4.69, 9.17) is 0 Å². The van der Waals surface area contributed by atoms with E-state index in [2.05, 4.69) is 5.10 Å². The zero-order chi connectivity index (χ0) is 15.1. The predicted octanol–water partition coefficient (Wildman–Crippen LogP) is 1.43. The number of hydrogen-bond acceptors (Lipinski definition) is 4. The third-order valence-corrected chi connectivity index (χ3v) is 6.54. The molecule has 2 heterocycles. The summed E-state index contributed by atoms with van der Waals surface area (Å²) in [6.45, 7) is 0. The maximum atomic E-state index is 11.7. The Morgan fingerprint density at radius 1 is 1.43 bits per heavy atom. The van der Waals surface area contributed by atoms with Crippen molar-refractivity contribution < 1.29 is 18.3 Å². The molecular formula is C14H20N2O4S. The largest absolute Gasteiger partial charge is 0.481 e. The van der Waals surface area contributed by atoms with Gasteiger partial charge in [-0.05, 0) is 25.3 Å². The van der Waals surface area contributed by atoms with Crippen molar-refractivity contribution in [3.8, 4) is 0 Å². The Hall–Kier alpha value is -1.37. The summed E-state index contributed by atoms with van der Waals surface area (Å²) in [5.74, 6) is -1.34. The number of aliphatic carboxylic acids is 1. The molecule has 0 bridgehead atoms. The highest BCUT2D eigenvalue weighted by Gasteiger charge is 2.48. The minimum Gasteiger partial charge on any atom is -0.481 e. The molecule has 21 heavy (non-hydrogen) atoms. The van der Waals surface area contributed by atoms with Crippen molar-refractivity contribution in [1.82, 2.24) is 9.78 Å². The standard InChI is InChI=1S/C14H20N2O4S/c17-13(18)14(6-8-21(19,20)10-14)9-11-5-7-16(15-11)12-3-1-2-4-12/h5,7,12H,1-4,6,8-10H2,(H,17,18). The van der Waals surface area contributed by atoms with Crippen LogP contribution in [0.2, 0.25) is 0 Å². The second kappa shape index (κ2) is 5.12. The van der Waals surface area contributed by atoms with Crippen LogP contribution in [0.1, 0.15) is 43.8 Å². The average Bonchev–Trinajstić information content (AvgIpc) is 3.10. The van der Waals surface area contributed by atoms with Crippen LogP contribution >= 0.6 is 0 Å². The van der Waals surface area contributed by atoms with Gasteiger partial charge in [-0.25, -0.2) is 8.42 Å². The molecule has 1 aliphatic carbocycles. The molecule has 1 saturated heterocycles. The highest BCUT2D eigenvalue weighted by atomic mass is 32.2. The number of carbonyl (C=O) groups is 1. The van der Waals surface area contributed by atoms with Crippen molar-refractivity contribution in [1.29, 1.82) is 0 Å². The second-order valence-corrected chi connectivity index (χ2v) is 8.51. The number of sulfone groups is 1. The fourth-order valence-electron chi connectivity index (χ4n) is 3.49. The number of rotatable bonds is 4. The fourth-order valence-corrected chi connectivity index (χ4v) is 5.55. The summed E-state index contributed by atoms with van der Waals surface area (Å²) in [6, 6.07) is 2.24. The summed E-state index contributed by atoms with van der Waals surface area (Å²) in [4.78, 5) is 11.6. The van der Waals surface area contributed by atoms with Crippen LogP contribution in [0.25, 0.3) is 0 Å². The molecule has 1 aromatic heterocycles. The van der Waals surface area contributed by atoms with Gasteiger partial charge in [-0.1, -0.05) is 12.8 Å². The van der Waals surface area contributed by atoms with Crippen molar-refractivity contribution >= 4 is 15.8 Å². The molecule has 1 unspecified atom stereocenters. The van der Waals surface area contributed by atoms with E-state index < -0.39 is 21.2 Å². The minimum absolute atomic E-state index is 0.0391. The van der Waals surface area contributed by atoms with E-state index in [1.165, 1.54) is 12.8 Å². The molecule has 116 valence electrons. The van der Waals surface area contributed by atoms with Gasteiger partial charge in [0.25, 0.3) is 0 Å². The van der Waals surface area contributed by atoms with E-state index in [0.717, 1.165) is 12.8 Å². The fraction of sp³-hybridized carbons (Fsp3) is 0.714. The van der Waals surface area contributed by atoms with E-state index in [9.17, 15) is 18.3 Å². The minimum atomic E-state index is -3.24. The van der Waals surface area contributed by atoms with Crippen LogP contribution in [-0.2, 0) is 21.1 Å². The summed E-state index contributed by atoms with van der Waals surface area (Å²) in [5.41, 5.74) is -0.519. The molecule has 7 heteroatoms. The molecule has 2 aliphatic rings. The molecule has 1 saturated carbocycles. The highest BCUT2D eigenvalue weighted by Crippen LogP contribution is 2.36. The molecule has 0 aromatic carbocycles. The molecule has 0 radical (unpaired) electrons. The molecule has 1 aliphatic heterocycles. The molecular weight excluding hydrogens is 292 g/mol. The van der Waals surface area contributed by atoms with E-state index in [0.29, 0.717) is 11.7 Å². The predicted molar refractivity (Wildman–Crippen MR) is 76.8 cm³/mol. The summed E-state index contributed by atoms with van der Waals surface area (Å²) in [7, 11) is -3.24. The van der Waals surface area contributed by atoms with Gasteiger partial charge in [0.1, 0.15) is 0 Å². The molecule has 1 N–H and O–H groups in total. The first-order valence-electron chi connectivity index (χ1n) is 7.38. The molecule has 1 atom stereocenters. The van der Waals surface area contributed by atoms with Crippen molar-refractivity contribution in [2.75, 3.05) is 11.5 Å². The van der Waals surface area contributed by atoms with Crippen LogP contribution in [0.15, 0.2) is 12.3 Å². The van der Waals surface area contributed by atoms with Gasteiger partial charge in [-0.3, -0.25) is 9.48 Å². The zero-order valence-corrected chi connectivity index (χ0v) is 12.7. The first-order valence-corrected chi connectivity index (χ1v) is 9.20. The maximum absolute atomic E-state index is 11.7. The average molecular weight is 312 g/mol. The summed E-state index contributed by atoms with van der Waals surface area (Å²) in [5, 5.41) is 14.0. The maximum Gasteiger partial charge on any atom is 0.311 e. The number of carboxylic acid groups (broad SMARTS) is 1. The topological polar surface area (TPSA) is 89.3 Å². The lowest BCUT2D eigenvalue weighted by molar-refractivity contribution is -0.147. The molecule has 0 amide bonds. The number of hydrogen-bond donors (Lipinski definition) is 1. The third-order valence-electron chi connectivity index (χ3n) is 4.72. The summed E-state index contributed by atoms with van der Waals surface area (Å²) in [6.07, 6.45) is 6.90.